The lowest BCUT2D eigenvalue weighted by Crippen LogP contribution is -2.32. The molecule has 0 bridgehead atoms. The fourth-order valence-corrected chi connectivity index (χ4v) is 4.98. The third kappa shape index (κ3) is 4.27. The maximum atomic E-state index is 13.5. The van der Waals surface area contributed by atoms with E-state index >= 15 is 0 Å². The van der Waals surface area contributed by atoms with E-state index in [2.05, 4.69) is 4.98 Å². The van der Waals surface area contributed by atoms with Crippen molar-refractivity contribution in [1.29, 1.82) is 0 Å². The van der Waals surface area contributed by atoms with Crippen molar-refractivity contribution in [2.75, 3.05) is 14.2 Å². The Kier molecular flexibility index (Phi) is 6.05. The number of hydrogen-bond acceptors (Lipinski definition) is 5. The van der Waals surface area contributed by atoms with E-state index in [-0.39, 0.29) is 17.0 Å². The summed E-state index contributed by atoms with van der Waals surface area (Å²) in [6.07, 6.45) is 0. The van der Waals surface area contributed by atoms with Crippen molar-refractivity contribution in [3.63, 3.8) is 0 Å². The summed E-state index contributed by atoms with van der Waals surface area (Å²) < 4.78 is 34.4. The Morgan fingerprint density at radius 3 is 2.48 bits per heavy atom. The zero-order chi connectivity index (χ0) is 23.8. The van der Waals surface area contributed by atoms with Crippen LogP contribution in [0.25, 0.3) is 16.6 Å². The highest BCUT2D eigenvalue weighted by atomic mass is 32.2. The van der Waals surface area contributed by atoms with Crippen molar-refractivity contribution in [2.24, 2.45) is 0 Å². The van der Waals surface area contributed by atoms with Gasteiger partial charge in [-0.15, -0.1) is 0 Å². The number of aryl methyl sites for hydroxylation is 2. The lowest BCUT2D eigenvalue weighted by atomic mass is 10.1. The van der Waals surface area contributed by atoms with E-state index in [1.807, 2.05) is 32.0 Å². The van der Waals surface area contributed by atoms with Crippen molar-refractivity contribution >= 4 is 20.9 Å². The van der Waals surface area contributed by atoms with Gasteiger partial charge in [0.2, 0.25) is 10.0 Å². The number of sulfonamides is 1. The van der Waals surface area contributed by atoms with Crippen molar-refractivity contribution in [1.82, 2.24) is 13.9 Å². The van der Waals surface area contributed by atoms with Crippen molar-refractivity contribution in [3.05, 3.63) is 94.0 Å². The third-order valence-corrected chi connectivity index (χ3v) is 7.35. The molecule has 0 saturated carbocycles. The zero-order valence-corrected chi connectivity index (χ0v) is 19.8. The predicted octanol–water partition coefficient (Wildman–Crippen LogP) is 3.83. The fraction of sp³-hybridized carbons (Fsp3) is 0.200. The Morgan fingerprint density at radius 1 is 1.00 bits per heavy atom. The van der Waals surface area contributed by atoms with Crippen molar-refractivity contribution < 1.29 is 13.2 Å². The van der Waals surface area contributed by atoms with Gasteiger partial charge in [-0.2, -0.15) is 4.31 Å². The summed E-state index contributed by atoms with van der Waals surface area (Å²) >= 11 is 0. The molecule has 7 nitrogen and oxygen atoms in total. The summed E-state index contributed by atoms with van der Waals surface area (Å²) in [5.41, 5.74) is 2.91. The van der Waals surface area contributed by atoms with Crippen LogP contribution in [0, 0.1) is 13.8 Å². The molecule has 3 aromatic carbocycles. The molecule has 0 unspecified atom stereocenters. The number of para-hydroxylation sites is 1. The van der Waals surface area contributed by atoms with Crippen LogP contribution in [0.5, 0.6) is 5.75 Å². The van der Waals surface area contributed by atoms with E-state index in [1.165, 1.54) is 35.2 Å². The second-order valence-corrected chi connectivity index (χ2v) is 9.96. The molecule has 0 aliphatic rings. The van der Waals surface area contributed by atoms with E-state index in [9.17, 15) is 13.2 Å². The van der Waals surface area contributed by atoms with Gasteiger partial charge in [0.05, 0.1) is 35.1 Å². The largest absolute Gasteiger partial charge is 0.497 e. The number of nitrogens with zero attached hydrogens (tertiary/aromatic N) is 3. The van der Waals surface area contributed by atoms with Gasteiger partial charge in [-0.05, 0) is 49.7 Å². The van der Waals surface area contributed by atoms with Gasteiger partial charge in [0.25, 0.3) is 5.56 Å². The first-order valence-electron chi connectivity index (χ1n) is 10.4. The Morgan fingerprint density at radius 2 is 1.76 bits per heavy atom. The molecule has 8 heteroatoms. The van der Waals surface area contributed by atoms with Gasteiger partial charge in [0.15, 0.2) is 0 Å². The topological polar surface area (TPSA) is 81.5 Å². The van der Waals surface area contributed by atoms with E-state index < -0.39 is 10.0 Å². The van der Waals surface area contributed by atoms with E-state index in [0.29, 0.717) is 28.2 Å². The minimum Gasteiger partial charge on any atom is -0.497 e. The molecule has 4 aromatic rings. The number of fused-ring (bicyclic) bond motifs is 1. The second-order valence-electron chi connectivity index (χ2n) is 7.92. The van der Waals surface area contributed by atoms with Gasteiger partial charge in [-0.3, -0.25) is 9.36 Å². The molecule has 0 aliphatic carbocycles. The van der Waals surface area contributed by atoms with Crippen molar-refractivity contribution in [2.45, 2.75) is 25.3 Å². The van der Waals surface area contributed by atoms with Gasteiger partial charge >= 0.3 is 0 Å². The number of benzene rings is 3. The summed E-state index contributed by atoms with van der Waals surface area (Å²) in [5.74, 6) is 0.778. The average Bonchev–Trinajstić information content (AvgIpc) is 2.80. The Bertz CT molecular complexity index is 1510. The normalized spacial score (nSPS) is 11.8. The van der Waals surface area contributed by atoms with Crippen LogP contribution < -0.4 is 10.3 Å². The smallest absolute Gasteiger partial charge is 0.266 e. The molecular weight excluding hydrogens is 438 g/mol. The quantitative estimate of drug-likeness (QED) is 0.434. The van der Waals surface area contributed by atoms with E-state index in [0.717, 1.165) is 11.1 Å². The van der Waals surface area contributed by atoms with Gasteiger partial charge in [-0.25, -0.2) is 13.4 Å². The molecular formula is C25H25N3O4S. The van der Waals surface area contributed by atoms with E-state index in [4.69, 9.17) is 4.74 Å². The molecule has 0 atom stereocenters. The van der Waals surface area contributed by atoms with Crippen LogP contribution in [0.1, 0.15) is 17.0 Å². The predicted molar refractivity (Wildman–Crippen MR) is 128 cm³/mol. The molecule has 33 heavy (non-hydrogen) atoms. The number of ether oxygens (including phenoxy) is 1. The number of methoxy groups -OCH3 is 1. The molecule has 170 valence electrons. The Hall–Kier alpha value is -3.49. The van der Waals surface area contributed by atoms with Gasteiger partial charge in [0, 0.05) is 13.1 Å². The number of hydrogen-bond donors (Lipinski definition) is 0. The molecule has 0 saturated heterocycles. The number of aromatic nitrogens is 2. The SMILES string of the molecule is COc1cccc(S(=O)(=O)N(C)Cc2nc3ccccc3c(=O)n2-c2ccc(C)cc2C)c1. The van der Waals surface area contributed by atoms with Crippen LogP contribution in [-0.4, -0.2) is 36.4 Å². The van der Waals surface area contributed by atoms with Crippen LogP contribution in [0.3, 0.4) is 0 Å². The first kappa shape index (κ1) is 22.7. The second kappa shape index (κ2) is 8.80. The van der Waals surface area contributed by atoms with Crippen LogP contribution in [0.4, 0.5) is 0 Å². The standard InChI is InChI=1S/C25H25N3O4S/c1-17-12-13-23(18(2)14-17)28-24(26-22-11-6-5-10-21(22)25(28)29)16-27(3)33(30,31)20-9-7-8-19(15-20)32-4/h5-15H,16H2,1-4H3. The lowest BCUT2D eigenvalue weighted by molar-refractivity contribution is 0.412. The first-order chi connectivity index (χ1) is 15.7. The Labute approximate surface area is 192 Å². The summed E-state index contributed by atoms with van der Waals surface area (Å²) in [7, 11) is -0.896. The Balaban J connectivity index is 1.87. The summed E-state index contributed by atoms with van der Waals surface area (Å²) in [6, 6.07) is 19.1. The molecule has 1 aromatic heterocycles. The molecule has 0 aliphatic heterocycles. The minimum atomic E-state index is -3.85. The van der Waals surface area contributed by atoms with Crippen LogP contribution in [-0.2, 0) is 16.6 Å². The third-order valence-electron chi connectivity index (χ3n) is 5.55. The maximum absolute atomic E-state index is 13.5. The van der Waals surface area contributed by atoms with Crippen LogP contribution in [0.15, 0.2) is 76.4 Å². The van der Waals surface area contributed by atoms with Crippen LogP contribution >= 0.6 is 0 Å². The summed E-state index contributed by atoms with van der Waals surface area (Å²) in [5, 5.41) is 0.472. The molecule has 0 spiro atoms. The summed E-state index contributed by atoms with van der Waals surface area (Å²) in [4.78, 5) is 18.3. The van der Waals surface area contributed by atoms with Gasteiger partial charge < -0.3 is 4.74 Å². The highest BCUT2D eigenvalue weighted by Crippen LogP contribution is 2.23. The van der Waals surface area contributed by atoms with Crippen molar-refractivity contribution in [3.8, 4) is 11.4 Å². The first-order valence-corrected chi connectivity index (χ1v) is 11.8. The molecule has 0 radical (unpaired) electrons. The monoisotopic (exact) mass is 463 g/mol. The minimum absolute atomic E-state index is 0.0903. The highest BCUT2D eigenvalue weighted by Gasteiger charge is 2.24. The molecule has 0 N–H and O–H groups in total. The average molecular weight is 464 g/mol. The molecule has 0 fully saturated rings. The molecule has 4 rings (SSSR count). The van der Waals surface area contributed by atoms with E-state index in [1.54, 1.807) is 36.4 Å². The zero-order valence-electron chi connectivity index (χ0n) is 18.9. The van der Waals surface area contributed by atoms with Crippen LogP contribution in [0.2, 0.25) is 0 Å². The van der Waals surface area contributed by atoms with Gasteiger partial charge in [0.1, 0.15) is 11.6 Å². The lowest BCUT2D eigenvalue weighted by Gasteiger charge is -2.21. The molecule has 1 heterocycles. The summed E-state index contributed by atoms with van der Waals surface area (Å²) in [6.45, 7) is 3.81. The highest BCUT2D eigenvalue weighted by molar-refractivity contribution is 7.89. The number of rotatable bonds is 6. The van der Waals surface area contributed by atoms with Gasteiger partial charge in [-0.1, -0.05) is 35.9 Å². The fourth-order valence-electron chi connectivity index (χ4n) is 3.82. The molecule has 0 amide bonds. The maximum Gasteiger partial charge on any atom is 0.266 e.